The highest BCUT2D eigenvalue weighted by atomic mass is 19.3. The van der Waals surface area contributed by atoms with Crippen LogP contribution in [-0.2, 0) is 10.4 Å². The molecular formula is C29H35F4N7O4. The van der Waals surface area contributed by atoms with Crippen LogP contribution in [0, 0.1) is 17.8 Å². The van der Waals surface area contributed by atoms with Crippen LogP contribution in [0.4, 0.5) is 17.6 Å². The molecule has 2 amide bonds. The Morgan fingerprint density at radius 2 is 1.73 bits per heavy atom. The molecule has 1 unspecified atom stereocenters. The molecule has 3 saturated carbocycles. The van der Waals surface area contributed by atoms with Gasteiger partial charge in [0.05, 0.1) is 30.2 Å². The third-order valence-corrected chi connectivity index (χ3v) is 8.90. The third kappa shape index (κ3) is 6.57. The average Bonchev–Trinajstić information content (AvgIpc) is 3.46. The molecule has 0 bridgehead atoms. The van der Waals surface area contributed by atoms with Gasteiger partial charge in [0.1, 0.15) is 11.3 Å². The van der Waals surface area contributed by atoms with Crippen LogP contribution < -0.4 is 10.6 Å². The quantitative estimate of drug-likeness (QED) is 0.278. The number of carbonyl (C=O) groups excluding carboxylic acids is 2. The molecule has 3 fully saturated rings. The van der Waals surface area contributed by atoms with Crippen LogP contribution in [0.1, 0.15) is 111 Å². The molecule has 3 aliphatic carbocycles. The van der Waals surface area contributed by atoms with Gasteiger partial charge >= 0.3 is 0 Å². The zero-order valence-electron chi connectivity index (χ0n) is 24.4. The Hall–Kier alpha value is -3.62. The maximum atomic E-state index is 14.1. The van der Waals surface area contributed by atoms with Gasteiger partial charge in [-0.05, 0) is 74.1 Å². The van der Waals surface area contributed by atoms with Crippen LogP contribution in [0.5, 0.6) is 0 Å². The molecule has 6 rings (SSSR count). The molecule has 2 atom stereocenters. The van der Waals surface area contributed by atoms with Gasteiger partial charge in [-0.1, -0.05) is 5.16 Å². The summed E-state index contributed by atoms with van der Waals surface area (Å²) in [6.45, 7) is 2.86. The highest BCUT2D eigenvalue weighted by Gasteiger charge is 2.46. The van der Waals surface area contributed by atoms with Crippen molar-refractivity contribution in [2.45, 2.75) is 101 Å². The van der Waals surface area contributed by atoms with Crippen LogP contribution in [0.3, 0.4) is 0 Å². The molecule has 3 N–H and O–H groups in total. The van der Waals surface area contributed by atoms with Gasteiger partial charge < -0.3 is 15.7 Å². The number of imidazole rings is 1. The van der Waals surface area contributed by atoms with Crippen molar-refractivity contribution in [2.75, 3.05) is 0 Å². The number of aliphatic hydroxyl groups is 1. The second kappa shape index (κ2) is 11.1. The van der Waals surface area contributed by atoms with Crippen LogP contribution >= 0.6 is 0 Å². The topological polar surface area (TPSA) is 148 Å². The van der Waals surface area contributed by atoms with E-state index >= 15 is 0 Å². The van der Waals surface area contributed by atoms with Crippen molar-refractivity contribution in [3.63, 3.8) is 0 Å². The molecule has 44 heavy (non-hydrogen) atoms. The Morgan fingerprint density at radius 1 is 1.05 bits per heavy atom. The molecule has 11 nitrogen and oxygen atoms in total. The smallest absolute Gasteiger partial charge is 0.276 e. The zero-order valence-corrected chi connectivity index (χ0v) is 24.4. The Bertz CT molecular complexity index is 1530. The normalized spacial score (nSPS) is 21.9. The van der Waals surface area contributed by atoms with Gasteiger partial charge in [0.25, 0.3) is 5.91 Å². The van der Waals surface area contributed by atoms with Crippen LogP contribution in [0.15, 0.2) is 23.1 Å². The molecule has 3 aliphatic rings. The number of rotatable bonds is 10. The Labute approximate surface area is 250 Å². The zero-order chi connectivity index (χ0) is 31.4. The molecule has 0 radical (unpaired) electrons. The average molecular weight is 622 g/mol. The number of halogens is 4. The lowest BCUT2D eigenvalue weighted by Crippen LogP contribution is -2.39. The fourth-order valence-corrected chi connectivity index (χ4v) is 6.33. The van der Waals surface area contributed by atoms with E-state index in [4.69, 9.17) is 9.61 Å². The lowest BCUT2D eigenvalue weighted by atomic mass is 9.79. The molecule has 0 aromatic carbocycles. The maximum absolute atomic E-state index is 14.1. The third-order valence-electron chi connectivity index (χ3n) is 8.90. The largest absolute Gasteiger partial charge is 0.384 e. The number of amides is 2. The molecule has 3 aromatic rings. The van der Waals surface area contributed by atoms with Gasteiger partial charge in [0, 0.05) is 32.1 Å². The predicted octanol–water partition coefficient (Wildman–Crippen LogP) is 4.64. The minimum absolute atomic E-state index is 0.0417. The van der Waals surface area contributed by atoms with E-state index in [1.54, 1.807) is 18.5 Å². The van der Waals surface area contributed by atoms with Crippen molar-refractivity contribution < 1.29 is 36.9 Å². The van der Waals surface area contributed by atoms with Crippen LogP contribution in [0.25, 0.3) is 5.65 Å². The fourth-order valence-electron chi connectivity index (χ4n) is 6.33. The molecular weight excluding hydrogens is 586 g/mol. The van der Waals surface area contributed by atoms with Gasteiger partial charge in [-0.2, -0.15) is 5.10 Å². The number of aromatic nitrogens is 5. The minimum atomic E-state index is -2.79. The molecule has 0 saturated heterocycles. The van der Waals surface area contributed by atoms with Crippen molar-refractivity contribution >= 4 is 17.5 Å². The van der Waals surface area contributed by atoms with E-state index in [0.29, 0.717) is 16.9 Å². The second-order valence-corrected chi connectivity index (χ2v) is 13.1. The van der Waals surface area contributed by atoms with E-state index in [9.17, 15) is 32.3 Å². The first kappa shape index (κ1) is 30.4. The van der Waals surface area contributed by atoms with E-state index in [-0.39, 0.29) is 86.0 Å². The van der Waals surface area contributed by atoms with Gasteiger partial charge in [-0.25, -0.2) is 31.7 Å². The number of fused-ring (bicyclic) bond motifs is 1. The number of hydrogen-bond acceptors (Lipinski definition) is 8. The first-order valence-corrected chi connectivity index (χ1v) is 14.9. The van der Waals surface area contributed by atoms with Gasteiger partial charge in [-0.3, -0.25) is 9.59 Å². The molecule has 0 aliphatic heterocycles. The summed E-state index contributed by atoms with van der Waals surface area (Å²) in [5.74, 6) is -6.96. The van der Waals surface area contributed by atoms with E-state index < -0.39 is 29.4 Å². The van der Waals surface area contributed by atoms with Crippen LogP contribution in [-0.4, -0.2) is 53.7 Å². The number of alkyl halides is 4. The highest BCUT2D eigenvalue weighted by Crippen LogP contribution is 2.45. The van der Waals surface area contributed by atoms with E-state index in [1.807, 2.05) is 0 Å². The molecule has 0 spiro atoms. The van der Waals surface area contributed by atoms with E-state index in [0.717, 1.165) is 12.8 Å². The number of nitrogens with zero attached hydrogens (tertiary/aromatic N) is 5. The lowest BCUT2D eigenvalue weighted by Gasteiger charge is -2.34. The molecule has 238 valence electrons. The summed E-state index contributed by atoms with van der Waals surface area (Å²) in [6.07, 6.45) is 4.15. The number of carbonyl (C=O) groups is 2. The highest BCUT2D eigenvalue weighted by molar-refractivity contribution is 5.93. The standard InChI is InChI=1S/C29H35F4N7O4/c1-27(2,43)25-24(38-44-39-25)26(42)37-23(17-5-7-28(30,31)8-6-17)19-14-40-20(35-19)10-18(13-34-40)22(16-3-4-16)36-21(41)9-15-11-29(32,33)12-15/h10,13-17,22-23,43H,3-9,11-12H2,1-2H3,(H,36,41)(H,37,42)/t22?,23-/m0/s1. The molecule has 3 heterocycles. The van der Waals surface area contributed by atoms with E-state index in [2.05, 4.69) is 26.0 Å². The van der Waals surface area contributed by atoms with Crippen molar-refractivity contribution in [1.82, 2.24) is 35.5 Å². The monoisotopic (exact) mass is 621 g/mol. The summed E-state index contributed by atoms with van der Waals surface area (Å²) in [7, 11) is 0. The minimum Gasteiger partial charge on any atom is -0.384 e. The summed E-state index contributed by atoms with van der Waals surface area (Å²) in [5.41, 5.74) is -0.264. The number of hydrogen-bond donors (Lipinski definition) is 3. The van der Waals surface area contributed by atoms with Gasteiger partial charge in [0.15, 0.2) is 11.3 Å². The Morgan fingerprint density at radius 3 is 2.36 bits per heavy atom. The van der Waals surface area contributed by atoms with Crippen molar-refractivity contribution in [3.8, 4) is 0 Å². The molecule has 3 aromatic heterocycles. The summed E-state index contributed by atoms with van der Waals surface area (Å²) in [6, 6.07) is 0.644. The lowest BCUT2D eigenvalue weighted by molar-refractivity contribution is -0.134. The SMILES string of the molecule is CC(C)(O)c1nonc1C(=O)N[C@H](c1cn2ncc(C(NC(=O)CC3CC(F)(F)C3)C3CC3)cc2n1)C1CCC(F)(F)CC1. The maximum Gasteiger partial charge on any atom is 0.276 e. The van der Waals surface area contributed by atoms with Crippen LogP contribution in [0.2, 0.25) is 0 Å². The summed E-state index contributed by atoms with van der Waals surface area (Å²) >= 11 is 0. The van der Waals surface area contributed by atoms with Crippen molar-refractivity contribution in [2.24, 2.45) is 17.8 Å². The fraction of sp³-hybridized carbons (Fsp3) is 0.655. The Kier molecular flexibility index (Phi) is 7.65. The summed E-state index contributed by atoms with van der Waals surface area (Å²) in [4.78, 5) is 30.8. The summed E-state index contributed by atoms with van der Waals surface area (Å²) in [5, 5.41) is 28.1. The summed E-state index contributed by atoms with van der Waals surface area (Å²) < 4.78 is 60.8. The predicted molar refractivity (Wildman–Crippen MR) is 146 cm³/mol. The first-order chi connectivity index (χ1) is 20.7. The van der Waals surface area contributed by atoms with Crippen molar-refractivity contribution in [1.29, 1.82) is 0 Å². The number of nitrogens with one attached hydrogen (secondary N) is 2. The first-order valence-electron chi connectivity index (χ1n) is 14.9. The van der Waals surface area contributed by atoms with Gasteiger partial charge in [-0.15, -0.1) is 0 Å². The van der Waals surface area contributed by atoms with E-state index in [1.165, 1.54) is 18.4 Å². The second-order valence-electron chi connectivity index (χ2n) is 13.1. The van der Waals surface area contributed by atoms with Gasteiger partial charge in [0.2, 0.25) is 17.8 Å². The molecule has 15 heteroatoms. The van der Waals surface area contributed by atoms with Crippen molar-refractivity contribution in [3.05, 3.63) is 41.1 Å². The Balaban J connectivity index is 1.24.